The number of carbonyl (C=O) groups excluding carboxylic acids is 2. The van der Waals surface area contributed by atoms with E-state index in [4.69, 9.17) is 5.14 Å². The number of carbonyl (C=O) groups is 2. The van der Waals surface area contributed by atoms with Crippen molar-refractivity contribution in [1.29, 1.82) is 0 Å². The van der Waals surface area contributed by atoms with Gasteiger partial charge in [0.1, 0.15) is 5.70 Å². The number of hydrogen-bond acceptors (Lipinski definition) is 4. The Morgan fingerprint density at radius 3 is 2.06 bits per heavy atom. The predicted molar refractivity (Wildman–Crippen MR) is 120 cm³/mol. The number of amides is 2. The van der Waals surface area contributed by atoms with Gasteiger partial charge in [-0.05, 0) is 55.0 Å². The highest BCUT2D eigenvalue weighted by atomic mass is 32.2. The molecule has 0 atom stereocenters. The molecule has 3 rings (SSSR count). The first-order valence-electron chi connectivity index (χ1n) is 9.31. The Labute approximate surface area is 180 Å². The van der Waals surface area contributed by atoms with Crippen molar-refractivity contribution < 1.29 is 18.0 Å². The number of primary sulfonamides is 1. The minimum Gasteiger partial charge on any atom is -0.321 e. The quantitative estimate of drug-likeness (QED) is 0.516. The van der Waals surface area contributed by atoms with Gasteiger partial charge in [-0.15, -0.1) is 0 Å². The van der Waals surface area contributed by atoms with Gasteiger partial charge in [0.15, 0.2) is 0 Å². The molecule has 0 bridgehead atoms. The summed E-state index contributed by atoms with van der Waals surface area (Å²) in [5.41, 5.74) is 2.58. The molecule has 0 fully saturated rings. The van der Waals surface area contributed by atoms with Gasteiger partial charge in [-0.3, -0.25) is 9.59 Å². The molecule has 0 radical (unpaired) electrons. The van der Waals surface area contributed by atoms with E-state index in [9.17, 15) is 18.0 Å². The third-order valence-electron chi connectivity index (χ3n) is 4.36. The molecule has 0 unspecified atom stereocenters. The zero-order valence-electron chi connectivity index (χ0n) is 16.7. The summed E-state index contributed by atoms with van der Waals surface area (Å²) >= 11 is 0. The van der Waals surface area contributed by atoms with Crippen molar-refractivity contribution in [3.63, 3.8) is 0 Å². The van der Waals surface area contributed by atoms with Crippen LogP contribution in [-0.2, 0) is 14.8 Å². The second-order valence-corrected chi connectivity index (χ2v) is 8.37. The van der Waals surface area contributed by atoms with Crippen LogP contribution in [0.4, 0.5) is 5.69 Å². The molecule has 2 amide bonds. The van der Waals surface area contributed by atoms with Crippen molar-refractivity contribution in [1.82, 2.24) is 5.32 Å². The molecular formula is C23H21N3O4S. The Morgan fingerprint density at radius 1 is 0.871 bits per heavy atom. The summed E-state index contributed by atoms with van der Waals surface area (Å²) in [7, 11) is -3.84. The first kappa shape index (κ1) is 21.9. The molecule has 158 valence electrons. The maximum absolute atomic E-state index is 12.9. The van der Waals surface area contributed by atoms with Gasteiger partial charge in [-0.1, -0.05) is 48.0 Å². The van der Waals surface area contributed by atoms with Crippen LogP contribution in [0, 0.1) is 6.92 Å². The van der Waals surface area contributed by atoms with Crippen LogP contribution in [0.1, 0.15) is 21.5 Å². The molecule has 0 saturated carbocycles. The van der Waals surface area contributed by atoms with E-state index in [1.165, 1.54) is 24.3 Å². The third kappa shape index (κ3) is 6.11. The van der Waals surface area contributed by atoms with Crippen LogP contribution >= 0.6 is 0 Å². The molecule has 8 heteroatoms. The van der Waals surface area contributed by atoms with Crippen molar-refractivity contribution in [2.24, 2.45) is 5.14 Å². The Hall–Kier alpha value is -3.75. The summed E-state index contributed by atoms with van der Waals surface area (Å²) < 4.78 is 22.8. The maximum atomic E-state index is 12.9. The first-order valence-corrected chi connectivity index (χ1v) is 10.9. The lowest BCUT2D eigenvalue weighted by atomic mass is 10.1. The molecule has 0 aliphatic rings. The zero-order chi connectivity index (χ0) is 22.4. The van der Waals surface area contributed by atoms with E-state index in [1.807, 2.05) is 31.2 Å². The highest BCUT2D eigenvalue weighted by Crippen LogP contribution is 2.15. The Morgan fingerprint density at radius 2 is 1.48 bits per heavy atom. The predicted octanol–water partition coefficient (Wildman–Crippen LogP) is 3.05. The second-order valence-electron chi connectivity index (χ2n) is 6.81. The van der Waals surface area contributed by atoms with Crippen molar-refractivity contribution in [2.45, 2.75) is 11.8 Å². The number of sulfonamides is 1. The molecule has 31 heavy (non-hydrogen) atoms. The second kappa shape index (κ2) is 9.38. The summed E-state index contributed by atoms with van der Waals surface area (Å²) in [4.78, 5) is 25.4. The minimum atomic E-state index is -3.84. The fourth-order valence-corrected chi connectivity index (χ4v) is 3.21. The fraction of sp³-hybridized carbons (Fsp3) is 0.0435. The number of anilines is 1. The largest absolute Gasteiger partial charge is 0.321 e. The average Bonchev–Trinajstić information content (AvgIpc) is 2.75. The molecule has 0 heterocycles. The van der Waals surface area contributed by atoms with Crippen LogP contribution in [0.15, 0.2) is 89.5 Å². The van der Waals surface area contributed by atoms with Crippen molar-refractivity contribution in [3.8, 4) is 0 Å². The van der Waals surface area contributed by atoms with Crippen molar-refractivity contribution >= 4 is 33.6 Å². The molecule has 0 aromatic heterocycles. The third-order valence-corrected chi connectivity index (χ3v) is 5.29. The van der Waals surface area contributed by atoms with Crippen LogP contribution in [-0.4, -0.2) is 20.2 Å². The topological polar surface area (TPSA) is 118 Å². The van der Waals surface area contributed by atoms with Gasteiger partial charge in [0, 0.05) is 11.3 Å². The summed E-state index contributed by atoms with van der Waals surface area (Å²) in [5.74, 6) is -0.994. The normalized spacial score (nSPS) is 11.6. The van der Waals surface area contributed by atoms with Crippen molar-refractivity contribution in [2.75, 3.05) is 5.32 Å². The molecule has 0 spiro atoms. The zero-order valence-corrected chi connectivity index (χ0v) is 17.5. The molecule has 7 nitrogen and oxygen atoms in total. The van der Waals surface area contributed by atoms with Gasteiger partial charge < -0.3 is 10.6 Å². The molecule has 3 aromatic rings. The number of aryl methyl sites for hydroxylation is 1. The highest BCUT2D eigenvalue weighted by molar-refractivity contribution is 7.89. The van der Waals surface area contributed by atoms with E-state index in [0.717, 1.165) is 11.1 Å². The molecule has 4 N–H and O–H groups in total. The highest BCUT2D eigenvalue weighted by Gasteiger charge is 2.15. The lowest BCUT2D eigenvalue weighted by Crippen LogP contribution is -2.30. The summed E-state index contributed by atoms with van der Waals surface area (Å²) in [6, 6.07) is 21.4. The van der Waals surface area contributed by atoms with Gasteiger partial charge in [0.05, 0.1) is 4.90 Å². The maximum Gasteiger partial charge on any atom is 0.272 e. The summed E-state index contributed by atoms with van der Waals surface area (Å²) in [5, 5.41) is 10.4. The van der Waals surface area contributed by atoms with E-state index >= 15 is 0 Å². The molecule has 0 aliphatic carbocycles. The molecule has 3 aromatic carbocycles. The average molecular weight is 436 g/mol. The Bertz CT molecular complexity index is 1220. The number of rotatable bonds is 6. The monoisotopic (exact) mass is 435 g/mol. The van der Waals surface area contributed by atoms with Crippen LogP contribution < -0.4 is 15.8 Å². The number of hydrogen-bond donors (Lipinski definition) is 3. The van der Waals surface area contributed by atoms with E-state index in [1.54, 1.807) is 36.4 Å². The van der Waals surface area contributed by atoms with E-state index < -0.39 is 21.8 Å². The van der Waals surface area contributed by atoms with E-state index in [2.05, 4.69) is 10.6 Å². The Kier molecular flexibility index (Phi) is 6.64. The van der Waals surface area contributed by atoms with Gasteiger partial charge in [0.2, 0.25) is 10.0 Å². The van der Waals surface area contributed by atoms with Gasteiger partial charge in [-0.25, -0.2) is 13.6 Å². The number of nitrogens with one attached hydrogen (secondary N) is 2. The standard InChI is InChI=1S/C23H21N3O4S/c1-16-7-9-17(10-8-16)15-21(26-22(27)18-5-3-2-4-6-18)23(28)25-19-11-13-20(14-12-19)31(24,29)30/h2-15H,1H3,(H,25,28)(H,26,27)(H2,24,29,30)/b21-15+. The summed E-state index contributed by atoms with van der Waals surface area (Å²) in [6.45, 7) is 1.95. The van der Waals surface area contributed by atoms with E-state index in [-0.39, 0.29) is 10.6 Å². The lowest BCUT2D eigenvalue weighted by Gasteiger charge is -2.12. The molecule has 0 aliphatic heterocycles. The van der Waals surface area contributed by atoms with E-state index in [0.29, 0.717) is 11.3 Å². The van der Waals surface area contributed by atoms with Crippen LogP contribution in [0.5, 0.6) is 0 Å². The molecule has 0 saturated heterocycles. The fourth-order valence-electron chi connectivity index (χ4n) is 2.70. The van der Waals surface area contributed by atoms with Crippen molar-refractivity contribution in [3.05, 3.63) is 101 Å². The number of nitrogens with two attached hydrogens (primary N) is 1. The summed E-state index contributed by atoms with van der Waals surface area (Å²) in [6.07, 6.45) is 1.56. The van der Waals surface area contributed by atoms with Crippen LogP contribution in [0.25, 0.3) is 6.08 Å². The van der Waals surface area contributed by atoms with Gasteiger partial charge in [0.25, 0.3) is 11.8 Å². The van der Waals surface area contributed by atoms with Crippen LogP contribution in [0.3, 0.4) is 0 Å². The minimum absolute atomic E-state index is 0.0354. The smallest absolute Gasteiger partial charge is 0.272 e. The van der Waals surface area contributed by atoms with Crippen LogP contribution in [0.2, 0.25) is 0 Å². The first-order chi connectivity index (χ1) is 14.7. The Balaban J connectivity index is 1.86. The van der Waals surface area contributed by atoms with Gasteiger partial charge >= 0.3 is 0 Å². The SMILES string of the molecule is Cc1ccc(/C=C(/NC(=O)c2ccccc2)C(=O)Nc2ccc(S(N)(=O)=O)cc2)cc1. The lowest BCUT2D eigenvalue weighted by molar-refractivity contribution is -0.113. The van der Waals surface area contributed by atoms with Gasteiger partial charge in [-0.2, -0.15) is 0 Å². The molecular weight excluding hydrogens is 414 g/mol. The number of benzene rings is 3.